The average molecular weight is 449 g/mol. The zero-order chi connectivity index (χ0) is 23.4. The van der Waals surface area contributed by atoms with E-state index in [1.807, 2.05) is 0 Å². The van der Waals surface area contributed by atoms with E-state index in [9.17, 15) is 22.4 Å². The quantitative estimate of drug-likeness (QED) is 0.554. The van der Waals surface area contributed by atoms with Gasteiger partial charge in [0.2, 0.25) is 0 Å². The lowest BCUT2D eigenvalue weighted by atomic mass is 9.91. The van der Waals surface area contributed by atoms with Gasteiger partial charge in [-0.15, -0.1) is 0 Å². The van der Waals surface area contributed by atoms with Gasteiger partial charge in [-0.1, -0.05) is 0 Å². The fourth-order valence-corrected chi connectivity index (χ4v) is 4.00. The van der Waals surface area contributed by atoms with Crippen LogP contribution in [0.4, 0.5) is 17.6 Å². The standard InChI is InChI=1S/C22H23F4N5O/c1-13-11-30(12-16-10-27-20(31(13)16)21(2,3)22(24,25)26)19(32)18-9-17(28-29(18)4)14-5-7-15(23)8-6-14/h5-10,13H,11-12H2,1-4H3/t13-/m0/s1. The number of alkyl halides is 3. The van der Waals surface area contributed by atoms with Crippen LogP contribution in [0.3, 0.4) is 0 Å². The van der Waals surface area contributed by atoms with Gasteiger partial charge in [-0.3, -0.25) is 9.48 Å². The van der Waals surface area contributed by atoms with E-state index in [0.717, 1.165) is 13.8 Å². The lowest BCUT2D eigenvalue weighted by Crippen LogP contribution is -2.44. The molecule has 1 aromatic carbocycles. The van der Waals surface area contributed by atoms with Crippen molar-refractivity contribution >= 4 is 5.91 Å². The van der Waals surface area contributed by atoms with E-state index >= 15 is 0 Å². The second kappa shape index (κ2) is 7.46. The van der Waals surface area contributed by atoms with Crippen LogP contribution in [0.5, 0.6) is 0 Å². The summed E-state index contributed by atoms with van der Waals surface area (Å²) in [4.78, 5) is 18.9. The first-order valence-corrected chi connectivity index (χ1v) is 10.1. The Bertz CT molecular complexity index is 1160. The highest BCUT2D eigenvalue weighted by Gasteiger charge is 2.52. The molecule has 0 saturated carbocycles. The van der Waals surface area contributed by atoms with Gasteiger partial charge in [-0.05, 0) is 51.1 Å². The fourth-order valence-electron chi connectivity index (χ4n) is 4.00. The molecule has 2 aromatic heterocycles. The maximum absolute atomic E-state index is 13.6. The Morgan fingerprint density at radius 1 is 1.16 bits per heavy atom. The smallest absolute Gasteiger partial charge is 0.329 e. The molecule has 10 heteroatoms. The Hall–Kier alpha value is -3.17. The molecule has 4 rings (SSSR count). The lowest BCUT2D eigenvalue weighted by Gasteiger charge is -2.36. The van der Waals surface area contributed by atoms with Crippen molar-refractivity contribution in [3.05, 3.63) is 59.6 Å². The van der Waals surface area contributed by atoms with Gasteiger partial charge in [0.25, 0.3) is 5.91 Å². The molecule has 32 heavy (non-hydrogen) atoms. The number of carbonyl (C=O) groups excluding carboxylic acids is 1. The lowest BCUT2D eigenvalue weighted by molar-refractivity contribution is -0.183. The Labute approximate surface area is 182 Å². The molecule has 1 aliphatic heterocycles. The first-order chi connectivity index (χ1) is 14.9. The number of hydrogen-bond donors (Lipinski definition) is 0. The average Bonchev–Trinajstić information content (AvgIpc) is 3.31. The van der Waals surface area contributed by atoms with Gasteiger partial charge in [0.15, 0.2) is 0 Å². The highest BCUT2D eigenvalue weighted by molar-refractivity contribution is 5.93. The molecule has 0 fully saturated rings. The fraction of sp³-hybridized carbons (Fsp3) is 0.409. The van der Waals surface area contributed by atoms with Crippen molar-refractivity contribution < 1.29 is 22.4 Å². The Morgan fingerprint density at radius 3 is 2.44 bits per heavy atom. The number of hydrogen-bond acceptors (Lipinski definition) is 3. The van der Waals surface area contributed by atoms with Crippen LogP contribution in [0.2, 0.25) is 0 Å². The van der Waals surface area contributed by atoms with Gasteiger partial charge >= 0.3 is 6.18 Å². The summed E-state index contributed by atoms with van der Waals surface area (Å²) < 4.78 is 57.0. The van der Waals surface area contributed by atoms with E-state index in [2.05, 4.69) is 10.1 Å². The molecule has 0 aliphatic carbocycles. The van der Waals surface area contributed by atoms with Crippen molar-refractivity contribution in [2.75, 3.05) is 6.54 Å². The van der Waals surface area contributed by atoms with E-state index in [0.29, 0.717) is 22.6 Å². The maximum atomic E-state index is 13.6. The van der Waals surface area contributed by atoms with Gasteiger partial charge in [0.1, 0.15) is 22.8 Å². The number of carbonyl (C=O) groups is 1. The first-order valence-electron chi connectivity index (χ1n) is 10.1. The van der Waals surface area contributed by atoms with Gasteiger partial charge in [-0.2, -0.15) is 18.3 Å². The van der Waals surface area contributed by atoms with E-state index < -0.39 is 11.6 Å². The normalized spacial score (nSPS) is 16.9. The molecular weight excluding hydrogens is 426 g/mol. The van der Waals surface area contributed by atoms with E-state index in [1.54, 1.807) is 41.6 Å². The van der Waals surface area contributed by atoms with Crippen LogP contribution >= 0.6 is 0 Å². The van der Waals surface area contributed by atoms with Crippen molar-refractivity contribution in [3.8, 4) is 11.3 Å². The van der Waals surface area contributed by atoms with Crippen LogP contribution in [-0.4, -0.2) is 42.9 Å². The minimum atomic E-state index is -4.45. The number of aromatic nitrogens is 4. The van der Waals surface area contributed by atoms with Crippen molar-refractivity contribution in [2.45, 2.75) is 44.9 Å². The Balaban J connectivity index is 1.62. The molecule has 0 N–H and O–H groups in total. The van der Waals surface area contributed by atoms with E-state index in [4.69, 9.17) is 0 Å². The molecule has 0 spiro atoms. The second-order valence-corrected chi connectivity index (χ2v) is 8.65. The van der Waals surface area contributed by atoms with Crippen LogP contribution in [0.25, 0.3) is 11.3 Å². The van der Waals surface area contributed by atoms with Gasteiger partial charge < -0.3 is 9.47 Å². The first kappa shape index (κ1) is 22.0. The SMILES string of the molecule is C[C@H]1CN(C(=O)c2cc(-c3ccc(F)cc3)nn2C)Cc2cnc(C(C)(C)C(F)(F)F)n21. The third kappa shape index (κ3) is 3.57. The van der Waals surface area contributed by atoms with Gasteiger partial charge in [0.05, 0.1) is 24.1 Å². The van der Waals surface area contributed by atoms with Crippen molar-refractivity contribution in [3.63, 3.8) is 0 Å². The number of amides is 1. The summed E-state index contributed by atoms with van der Waals surface area (Å²) in [6.45, 7) is 4.37. The summed E-state index contributed by atoms with van der Waals surface area (Å²) in [5, 5.41) is 4.36. The van der Waals surface area contributed by atoms with Crippen molar-refractivity contribution in [1.82, 2.24) is 24.2 Å². The zero-order valence-electron chi connectivity index (χ0n) is 18.1. The van der Waals surface area contributed by atoms with Crippen LogP contribution in [-0.2, 0) is 19.0 Å². The summed E-state index contributed by atoms with van der Waals surface area (Å²) in [6.07, 6.45) is -3.04. The van der Waals surface area contributed by atoms with Crippen molar-refractivity contribution in [2.24, 2.45) is 7.05 Å². The van der Waals surface area contributed by atoms with Crippen molar-refractivity contribution in [1.29, 1.82) is 0 Å². The summed E-state index contributed by atoms with van der Waals surface area (Å²) in [7, 11) is 1.64. The number of benzene rings is 1. The highest BCUT2D eigenvalue weighted by atomic mass is 19.4. The number of imidazole rings is 1. The predicted molar refractivity (Wildman–Crippen MR) is 109 cm³/mol. The minimum Gasteiger partial charge on any atom is -0.329 e. The molecule has 0 bridgehead atoms. The molecule has 6 nitrogen and oxygen atoms in total. The predicted octanol–water partition coefficient (Wildman–Crippen LogP) is 4.48. The molecule has 1 atom stereocenters. The molecule has 170 valence electrons. The van der Waals surface area contributed by atoms with Crippen LogP contribution in [0.1, 0.15) is 48.8 Å². The third-order valence-corrected chi connectivity index (χ3v) is 5.95. The summed E-state index contributed by atoms with van der Waals surface area (Å²) >= 11 is 0. The number of rotatable bonds is 3. The molecule has 0 saturated heterocycles. The summed E-state index contributed by atoms with van der Waals surface area (Å²) in [5.74, 6) is -0.712. The number of fused-ring (bicyclic) bond motifs is 1. The molecule has 1 amide bonds. The molecule has 0 unspecified atom stereocenters. The van der Waals surface area contributed by atoms with Crippen LogP contribution in [0.15, 0.2) is 36.5 Å². The monoisotopic (exact) mass is 449 g/mol. The van der Waals surface area contributed by atoms with Gasteiger partial charge in [-0.25, -0.2) is 9.37 Å². The van der Waals surface area contributed by atoms with E-state index in [1.165, 1.54) is 23.0 Å². The zero-order valence-corrected chi connectivity index (χ0v) is 18.1. The molecule has 1 aliphatic rings. The number of halogens is 4. The summed E-state index contributed by atoms with van der Waals surface area (Å²) in [6, 6.07) is 7.04. The second-order valence-electron chi connectivity index (χ2n) is 8.65. The highest BCUT2D eigenvalue weighted by Crippen LogP contribution is 2.41. The molecule has 0 radical (unpaired) electrons. The number of nitrogens with zero attached hydrogens (tertiary/aromatic N) is 5. The Kier molecular flexibility index (Phi) is 5.14. The molecule has 3 heterocycles. The van der Waals surface area contributed by atoms with Gasteiger partial charge in [0, 0.05) is 25.2 Å². The topological polar surface area (TPSA) is 56.0 Å². The Morgan fingerprint density at radius 2 is 1.81 bits per heavy atom. The van der Waals surface area contributed by atoms with Crippen LogP contribution < -0.4 is 0 Å². The maximum Gasteiger partial charge on any atom is 0.400 e. The summed E-state index contributed by atoms with van der Waals surface area (Å²) in [5.41, 5.74) is -0.0337. The van der Waals surface area contributed by atoms with E-state index in [-0.39, 0.29) is 36.7 Å². The largest absolute Gasteiger partial charge is 0.400 e. The number of aryl methyl sites for hydroxylation is 1. The molecular formula is C22H23F4N5O. The minimum absolute atomic E-state index is 0.0567. The third-order valence-electron chi connectivity index (χ3n) is 5.95. The molecule has 3 aromatic rings. The van der Waals surface area contributed by atoms with Crippen LogP contribution in [0, 0.1) is 5.82 Å².